The summed E-state index contributed by atoms with van der Waals surface area (Å²) < 4.78 is 17.5. The van der Waals surface area contributed by atoms with Gasteiger partial charge in [-0.25, -0.2) is 0 Å². The van der Waals surface area contributed by atoms with Gasteiger partial charge in [-0.3, -0.25) is 9.78 Å². The number of rotatable bonds is 4. The number of hydrogen-bond acceptors (Lipinski definition) is 5. The van der Waals surface area contributed by atoms with Crippen LogP contribution in [0.2, 0.25) is 5.02 Å². The zero-order valence-corrected chi connectivity index (χ0v) is 16.9. The van der Waals surface area contributed by atoms with Crippen LogP contribution in [0.4, 0.5) is 5.69 Å². The molecule has 1 aliphatic heterocycles. The molecule has 138 valence electrons. The van der Waals surface area contributed by atoms with E-state index in [0.717, 1.165) is 8.96 Å². The predicted molar refractivity (Wildman–Crippen MR) is 111 cm³/mol. The number of nitrogens with zero attached hydrogens (tertiary/aromatic N) is 1. The molecule has 1 amide bonds. The number of hydrogen-bond donors (Lipinski definition) is 1. The first-order valence-electron chi connectivity index (χ1n) is 8.17. The second-order valence-corrected chi connectivity index (χ2v) is 7.33. The summed E-state index contributed by atoms with van der Waals surface area (Å²) in [4.78, 5) is 16.6. The number of aromatic nitrogens is 1. The average molecular weight is 497 g/mol. The van der Waals surface area contributed by atoms with Crippen LogP contribution in [0.3, 0.4) is 0 Å². The van der Waals surface area contributed by atoms with Crippen LogP contribution in [-0.2, 0) is 4.79 Å². The smallest absolute Gasteiger partial charge is 0.262 e. The van der Waals surface area contributed by atoms with Crippen molar-refractivity contribution in [3.8, 4) is 17.2 Å². The number of fused-ring (bicyclic) bond motifs is 2. The van der Waals surface area contributed by atoms with Crippen LogP contribution in [0.25, 0.3) is 10.9 Å². The van der Waals surface area contributed by atoms with E-state index in [1.54, 1.807) is 36.5 Å². The summed E-state index contributed by atoms with van der Waals surface area (Å²) in [6.45, 7) is 0.856. The summed E-state index contributed by atoms with van der Waals surface area (Å²) in [5, 5.41) is 4.17. The molecule has 2 heterocycles. The molecule has 1 N–H and O–H groups in total. The van der Waals surface area contributed by atoms with Crippen LogP contribution < -0.4 is 19.5 Å². The maximum absolute atomic E-state index is 12.3. The third kappa shape index (κ3) is 3.89. The lowest BCUT2D eigenvalue weighted by atomic mass is 10.2. The van der Waals surface area contributed by atoms with Crippen molar-refractivity contribution in [2.45, 2.75) is 0 Å². The molecule has 3 aromatic rings. The minimum Gasteiger partial charge on any atom is -0.486 e. The summed E-state index contributed by atoms with van der Waals surface area (Å²) >= 11 is 8.38. The number of pyridine rings is 1. The molecule has 0 unspecified atom stereocenters. The fourth-order valence-electron chi connectivity index (χ4n) is 2.74. The molecule has 0 spiro atoms. The fourth-order valence-corrected chi connectivity index (χ4v) is 3.91. The molecule has 8 heteroatoms. The van der Waals surface area contributed by atoms with Crippen LogP contribution in [0.15, 0.2) is 42.6 Å². The summed E-state index contributed by atoms with van der Waals surface area (Å²) in [6, 6.07) is 10.7. The Hall–Kier alpha value is -2.26. The number of carbonyl (C=O) groups is 1. The van der Waals surface area contributed by atoms with E-state index in [1.165, 1.54) is 0 Å². The van der Waals surface area contributed by atoms with Gasteiger partial charge in [-0.2, -0.15) is 0 Å². The van der Waals surface area contributed by atoms with Crippen molar-refractivity contribution in [1.82, 2.24) is 4.98 Å². The van der Waals surface area contributed by atoms with Gasteiger partial charge >= 0.3 is 0 Å². The van der Waals surface area contributed by atoms with Gasteiger partial charge in [-0.1, -0.05) is 11.6 Å². The van der Waals surface area contributed by atoms with Crippen LogP contribution in [0.1, 0.15) is 0 Å². The summed E-state index contributed by atoms with van der Waals surface area (Å²) in [5.41, 5.74) is 1.24. The van der Waals surface area contributed by atoms with Crippen molar-refractivity contribution in [2.24, 2.45) is 0 Å². The lowest BCUT2D eigenvalue weighted by molar-refractivity contribution is -0.118. The molecule has 4 rings (SSSR count). The van der Waals surface area contributed by atoms with Crippen LogP contribution in [0, 0.1) is 3.57 Å². The number of halogens is 2. The highest BCUT2D eigenvalue weighted by Gasteiger charge is 2.15. The SMILES string of the molecule is O=C(COc1c(I)cc(Cl)c2cccnc12)Nc1ccc2c(c1)OCCO2. The minimum absolute atomic E-state index is 0.155. The van der Waals surface area contributed by atoms with E-state index in [0.29, 0.717) is 46.7 Å². The second-order valence-electron chi connectivity index (χ2n) is 5.76. The molecule has 0 radical (unpaired) electrons. The summed E-state index contributed by atoms with van der Waals surface area (Å²) in [6.07, 6.45) is 1.66. The van der Waals surface area contributed by atoms with E-state index >= 15 is 0 Å². The molecule has 0 atom stereocenters. The van der Waals surface area contributed by atoms with Crippen molar-refractivity contribution in [3.63, 3.8) is 0 Å². The Balaban J connectivity index is 1.48. The standard InChI is InChI=1S/C19H14ClIN2O4/c20-13-9-14(21)19(18-12(13)2-1-5-22-18)27-10-17(24)23-11-3-4-15-16(8-11)26-7-6-25-15/h1-5,8-9H,6-7,10H2,(H,23,24). The number of carbonyl (C=O) groups excluding carboxylic acids is 1. The van der Waals surface area contributed by atoms with Crippen molar-refractivity contribution in [2.75, 3.05) is 25.1 Å². The van der Waals surface area contributed by atoms with Crippen molar-refractivity contribution < 1.29 is 19.0 Å². The van der Waals surface area contributed by atoms with Gasteiger partial charge in [0.1, 0.15) is 18.7 Å². The summed E-state index contributed by atoms with van der Waals surface area (Å²) in [5.74, 6) is 1.53. The molecule has 27 heavy (non-hydrogen) atoms. The molecule has 0 aliphatic carbocycles. The number of nitrogens with one attached hydrogen (secondary N) is 1. The zero-order valence-electron chi connectivity index (χ0n) is 14.0. The Labute approximate surface area is 173 Å². The Morgan fingerprint density at radius 1 is 1.22 bits per heavy atom. The van der Waals surface area contributed by atoms with Crippen LogP contribution in [0.5, 0.6) is 17.2 Å². The van der Waals surface area contributed by atoms with E-state index in [-0.39, 0.29) is 12.5 Å². The van der Waals surface area contributed by atoms with Gasteiger partial charge in [0, 0.05) is 23.3 Å². The Kier molecular flexibility index (Phi) is 5.22. The maximum atomic E-state index is 12.3. The number of amides is 1. The molecule has 0 saturated carbocycles. The van der Waals surface area contributed by atoms with Crippen LogP contribution >= 0.6 is 34.2 Å². The van der Waals surface area contributed by atoms with E-state index in [9.17, 15) is 4.79 Å². The normalized spacial score (nSPS) is 12.7. The maximum Gasteiger partial charge on any atom is 0.262 e. The first-order valence-corrected chi connectivity index (χ1v) is 9.62. The highest BCUT2D eigenvalue weighted by atomic mass is 127. The fraction of sp³-hybridized carbons (Fsp3) is 0.158. The Morgan fingerprint density at radius 2 is 2.04 bits per heavy atom. The topological polar surface area (TPSA) is 69.7 Å². The minimum atomic E-state index is -0.290. The van der Waals surface area contributed by atoms with Crippen LogP contribution in [-0.4, -0.2) is 30.7 Å². The van der Waals surface area contributed by atoms with Gasteiger partial charge in [0.25, 0.3) is 5.91 Å². The van der Waals surface area contributed by atoms with E-state index in [2.05, 4.69) is 32.9 Å². The quantitative estimate of drug-likeness (QED) is 0.546. The Bertz CT molecular complexity index is 1030. The molecular weight excluding hydrogens is 483 g/mol. The van der Waals surface area contributed by atoms with Gasteiger partial charge in [0.15, 0.2) is 23.9 Å². The van der Waals surface area contributed by atoms with Gasteiger partial charge in [-0.05, 0) is 52.9 Å². The van der Waals surface area contributed by atoms with E-state index in [4.69, 9.17) is 25.8 Å². The first-order chi connectivity index (χ1) is 13.1. The molecule has 2 aromatic carbocycles. The average Bonchev–Trinajstić information content (AvgIpc) is 2.68. The third-order valence-corrected chi connectivity index (χ3v) is 5.04. The van der Waals surface area contributed by atoms with Gasteiger partial charge in [-0.15, -0.1) is 0 Å². The highest BCUT2D eigenvalue weighted by molar-refractivity contribution is 14.1. The molecule has 1 aliphatic rings. The monoisotopic (exact) mass is 496 g/mol. The molecule has 1 aromatic heterocycles. The molecule has 0 bridgehead atoms. The first kappa shape index (κ1) is 18.1. The second kappa shape index (κ2) is 7.77. The lowest BCUT2D eigenvalue weighted by Crippen LogP contribution is -2.21. The lowest BCUT2D eigenvalue weighted by Gasteiger charge is -2.19. The third-order valence-electron chi connectivity index (χ3n) is 3.92. The largest absolute Gasteiger partial charge is 0.486 e. The molecule has 0 saturated heterocycles. The van der Waals surface area contributed by atoms with Gasteiger partial charge in [0.05, 0.1) is 8.59 Å². The van der Waals surface area contributed by atoms with E-state index < -0.39 is 0 Å². The molecular formula is C19H14ClIN2O4. The Morgan fingerprint density at radius 3 is 2.89 bits per heavy atom. The highest BCUT2D eigenvalue weighted by Crippen LogP contribution is 2.35. The van der Waals surface area contributed by atoms with E-state index in [1.807, 2.05) is 6.07 Å². The zero-order chi connectivity index (χ0) is 18.8. The predicted octanol–water partition coefficient (Wildman–Crippen LogP) is 4.28. The molecule has 0 fully saturated rings. The van der Waals surface area contributed by atoms with Crippen molar-refractivity contribution in [3.05, 3.63) is 51.2 Å². The molecule has 6 nitrogen and oxygen atoms in total. The van der Waals surface area contributed by atoms with Gasteiger partial charge < -0.3 is 19.5 Å². The van der Waals surface area contributed by atoms with Gasteiger partial charge in [0.2, 0.25) is 0 Å². The number of ether oxygens (including phenoxy) is 3. The van der Waals surface area contributed by atoms with Crippen molar-refractivity contribution >= 4 is 56.7 Å². The number of benzene rings is 2. The summed E-state index contributed by atoms with van der Waals surface area (Å²) in [7, 11) is 0. The number of anilines is 1. The van der Waals surface area contributed by atoms with Crippen molar-refractivity contribution in [1.29, 1.82) is 0 Å².